The summed E-state index contributed by atoms with van der Waals surface area (Å²) in [7, 11) is 0. The molecule has 0 saturated heterocycles. The van der Waals surface area contributed by atoms with Gasteiger partial charge in [0, 0.05) is 0 Å². The highest BCUT2D eigenvalue weighted by Gasteiger charge is 1.90. The van der Waals surface area contributed by atoms with Gasteiger partial charge in [0.05, 0.1) is 0 Å². The molecule has 0 fully saturated rings. The van der Waals surface area contributed by atoms with Gasteiger partial charge < -0.3 is 0 Å². The molecule has 0 unspecified atom stereocenters. The van der Waals surface area contributed by atoms with E-state index in [1.165, 1.54) is 19.3 Å². The maximum Gasteiger partial charge on any atom is -0.0318 e. The molecule has 0 N–H and O–H groups in total. The molecule has 0 spiro atoms. The maximum absolute atomic E-state index is 3.69. The summed E-state index contributed by atoms with van der Waals surface area (Å²) in [6, 6.07) is 0. The molecule has 0 aromatic rings. The van der Waals surface area contributed by atoms with E-state index >= 15 is 0 Å². The van der Waals surface area contributed by atoms with E-state index in [0.717, 1.165) is 6.42 Å². The Bertz CT molecular complexity index is 109. The molecule has 0 aliphatic carbocycles. The smallest absolute Gasteiger partial charge is 0.0318 e. The van der Waals surface area contributed by atoms with Crippen LogP contribution in [0.3, 0.4) is 0 Å². The summed E-state index contributed by atoms with van der Waals surface area (Å²) in [5, 5.41) is 0. The minimum Gasteiger partial charge on any atom is -0.103 e. The summed E-state index contributed by atoms with van der Waals surface area (Å²) in [5.41, 5.74) is 1.57. The van der Waals surface area contributed by atoms with Gasteiger partial charge in [0.1, 0.15) is 0 Å². The molecule has 0 saturated carbocycles. The second-order valence-corrected chi connectivity index (χ2v) is 2.48. The number of hydrogen-bond acceptors (Lipinski definition) is 0. The Labute approximate surface area is 64.6 Å². The number of hydrogen-bond donors (Lipinski definition) is 0. The summed E-state index contributed by atoms with van der Waals surface area (Å²) in [5.74, 6) is 0. The van der Waals surface area contributed by atoms with Gasteiger partial charge in [0.25, 0.3) is 0 Å². The summed E-state index contributed by atoms with van der Waals surface area (Å²) in [6.07, 6.45) is 9.08. The predicted molar refractivity (Wildman–Crippen MR) is 48.1 cm³/mol. The Morgan fingerprint density at radius 1 is 1.50 bits per heavy atom. The predicted octanol–water partition coefficient (Wildman–Crippen LogP) is 3.70. The minimum absolute atomic E-state index is 1.15. The molecule has 0 heterocycles. The highest BCUT2D eigenvalue weighted by atomic mass is 14.0. The van der Waals surface area contributed by atoms with Crippen molar-refractivity contribution in [3.63, 3.8) is 0 Å². The Hall–Kier alpha value is -0.520. The van der Waals surface area contributed by atoms with Crippen LogP contribution in [0.15, 0.2) is 24.3 Å². The third kappa shape index (κ3) is 4.37. The van der Waals surface area contributed by atoms with Crippen molar-refractivity contribution in [2.75, 3.05) is 0 Å². The molecule has 0 aliphatic rings. The molecular formula is C10H18. The number of allylic oxidation sites excluding steroid dienone is 3. The van der Waals surface area contributed by atoms with E-state index in [-0.39, 0.29) is 0 Å². The van der Waals surface area contributed by atoms with Gasteiger partial charge in [-0.2, -0.15) is 0 Å². The largest absolute Gasteiger partial charge is 0.103 e. The minimum atomic E-state index is 1.15. The Kier molecular flexibility index (Phi) is 6.25. The third-order valence-corrected chi connectivity index (χ3v) is 1.77. The molecule has 0 amide bonds. The monoisotopic (exact) mass is 138 g/mol. The maximum atomic E-state index is 3.69. The molecule has 0 aliphatic heterocycles. The second kappa shape index (κ2) is 6.60. The lowest BCUT2D eigenvalue weighted by Crippen LogP contribution is -1.80. The van der Waals surface area contributed by atoms with Crippen molar-refractivity contribution in [3.8, 4) is 0 Å². The standard InChI is InChI=1S/C10H18/c1-4-7-8-9-10(5-2)6-3/h4-5H,1,6-9H2,2-3H3. The van der Waals surface area contributed by atoms with Crippen molar-refractivity contribution in [2.24, 2.45) is 0 Å². The molecule has 0 radical (unpaired) electrons. The Balaban J connectivity index is 3.36. The average Bonchev–Trinajstić information content (AvgIpc) is 1.99. The van der Waals surface area contributed by atoms with E-state index in [1.807, 2.05) is 6.08 Å². The van der Waals surface area contributed by atoms with Crippen LogP contribution in [-0.2, 0) is 0 Å². The highest BCUT2D eigenvalue weighted by Crippen LogP contribution is 2.10. The van der Waals surface area contributed by atoms with E-state index < -0.39 is 0 Å². The topological polar surface area (TPSA) is 0 Å². The summed E-state index contributed by atoms with van der Waals surface area (Å²) >= 11 is 0. The van der Waals surface area contributed by atoms with E-state index in [2.05, 4.69) is 26.5 Å². The van der Waals surface area contributed by atoms with Gasteiger partial charge in [-0.1, -0.05) is 24.6 Å². The van der Waals surface area contributed by atoms with Gasteiger partial charge in [-0.05, 0) is 32.6 Å². The van der Waals surface area contributed by atoms with Gasteiger partial charge in [-0.15, -0.1) is 6.58 Å². The van der Waals surface area contributed by atoms with Gasteiger partial charge in [-0.25, -0.2) is 0 Å². The van der Waals surface area contributed by atoms with Crippen LogP contribution in [0, 0.1) is 0 Å². The first kappa shape index (κ1) is 9.48. The van der Waals surface area contributed by atoms with Crippen molar-refractivity contribution >= 4 is 0 Å². The van der Waals surface area contributed by atoms with Crippen molar-refractivity contribution in [3.05, 3.63) is 24.3 Å². The van der Waals surface area contributed by atoms with Crippen LogP contribution in [0.25, 0.3) is 0 Å². The van der Waals surface area contributed by atoms with Gasteiger partial charge in [0.2, 0.25) is 0 Å². The molecule has 0 heteroatoms. The van der Waals surface area contributed by atoms with Gasteiger partial charge in [-0.3, -0.25) is 0 Å². The molecular weight excluding hydrogens is 120 g/mol. The molecule has 58 valence electrons. The summed E-state index contributed by atoms with van der Waals surface area (Å²) in [4.78, 5) is 0. The lowest BCUT2D eigenvalue weighted by Gasteiger charge is -2.00. The van der Waals surface area contributed by atoms with Crippen LogP contribution in [0.5, 0.6) is 0 Å². The fraction of sp³-hybridized carbons (Fsp3) is 0.600. The normalized spacial score (nSPS) is 11.6. The van der Waals surface area contributed by atoms with E-state index in [4.69, 9.17) is 0 Å². The lowest BCUT2D eigenvalue weighted by atomic mass is 10.1. The zero-order chi connectivity index (χ0) is 7.82. The lowest BCUT2D eigenvalue weighted by molar-refractivity contribution is 0.802. The van der Waals surface area contributed by atoms with E-state index in [9.17, 15) is 0 Å². The first-order valence-corrected chi connectivity index (χ1v) is 4.10. The fourth-order valence-corrected chi connectivity index (χ4v) is 0.999. The third-order valence-electron chi connectivity index (χ3n) is 1.77. The second-order valence-electron chi connectivity index (χ2n) is 2.48. The highest BCUT2D eigenvalue weighted by molar-refractivity contribution is 4.98. The Morgan fingerprint density at radius 2 is 2.20 bits per heavy atom. The molecule has 0 rings (SSSR count). The van der Waals surface area contributed by atoms with Crippen molar-refractivity contribution < 1.29 is 0 Å². The summed E-state index contributed by atoms with van der Waals surface area (Å²) in [6.45, 7) is 8.02. The molecule has 0 aromatic heterocycles. The zero-order valence-electron chi connectivity index (χ0n) is 7.19. The van der Waals surface area contributed by atoms with Gasteiger partial charge >= 0.3 is 0 Å². The van der Waals surface area contributed by atoms with Crippen LogP contribution < -0.4 is 0 Å². The van der Waals surface area contributed by atoms with Crippen LogP contribution in [0.1, 0.15) is 39.5 Å². The number of rotatable bonds is 5. The van der Waals surface area contributed by atoms with Crippen LogP contribution in [0.4, 0.5) is 0 Å². The van der Waals surface area contributed by atoms with Crippen LogP contribution in [0.2, 0.25) is 0 Å². The first-order valence-electron chi connectivity index (χ1n) is 4.10. The first-order chi connectivity index (χ1) is 4.85. The molecule has 0 nitrogen and oxygen atoms in total. The average molecular weight is 138 g/mol. The van der Waals surface area contributed by atoms with Crippen molar-refractivity contribution in [1.82, 2.24) is 0 Å². The van der Waals surface area contributed by atoms with Crippen LogP contribution in [-0.4, -0.2) is 0 Å². The molecule has 0 bridgehead atoms. The Morgan fingerprint density at radius 3 is 2.60 bits per heavy atom. The molecule has 0 aromatic carbocycles. The number of unbranched alkanes of at least 4 members (excludes halogenated alkanes) is 1. The van der Waals surface area contributed by atoms with Crippen LogP contribution >= 0.6 is 0 Å². The van der Waals surface area contributed by atoms with E-state index in [0.29, 0.717) is 0 Å². The SMILES string of the molecule is C=CCCCC(=CC)CC. The van der Waals surface area contributed by atoms with E-state index in [1.54, 1.807) is 5.57 Å². The quantitative estimate of drug-likeness (QED) is 0.401. The van der Waals surface area contributed by atoms with Gasteiger partial charge in [0.15, 0.2) is 0 Å². The van der Waals surface area contributed by atoms with Crippen molar-refractivity contribution in [2.45, 2.75) is 39.5 Å². The van der Waals surface area contributed by atoms with Crippen molar-refractivity contribution in [1.29, 1.82) is 0 Å². The molecule has 0 atom stereocenters. The fourth-order valence-electron chi connectivity index (χ4n) is 0.999. The summed E-state index contributed by atoms with van der Waals surface area (Å²) < 4.78 is 0. The molecule has 10 heavy (non-hydrogen) atoms. The zero-order valence-corrected chi connectivity index (χ0v) is 7.19.